The van der Waals surface area contributed by atoms with Crippen molar-refractivity contribution >= 4 is 11.6 Å². The second-order valence-corrected chi connectivity index (χ2v) is 5.14. The third kappa shape index (κ3) is 4.57. The average molecular weight is 254 g/mol. The van der Waals surface area contributed by atoms with E-state index in [-0.39, 0.29) is 6.10 Å². The molecular formula is C14H20ClNO. The molecule has 0 aliphatic heterocycles. The number of ether oxygens (including phenoxy) is 1. The van der Waals surface area contributed by atoms with Crippen molar-refractivity contribution in [2.24, 2.45) is 0 Å². The van der Waals surface area contributed by atoms with Crippen molar-refractivity contribution in [1.29, 1.82) is 0 Å². The molecule has 1 aromatic carbocycles. The van der Waals surface area contributed by atoms with Crippen LogP contribution in [0.1, 0.15) is 32.6 Å². The Kier molecular flexibility index (Phi) is 4.69. The lowest BCUT2D eigenvalue weighted by molar-refractivity contribution is 0.207. The highest BCUT2D eigenvalue weighted by atomic mass is 35.5. The Hall–Kier alpha value is -0.730. The number of hydrogen-bond acceptors (Lipinski definition) is 2. The quantitative estimate of drug-likeness (QED) is 0.749. The molecule has 0 saturated heterocycles. The predicted octanol–water partition coefficient (Wildman–Crippen LogP) is 3.64. The van der Waals surface area contributed by atoms with Gasteiger partial charge in [-0.3, -0.25) is 0 Å². The summed E-state index contributed by atoms with van der Waals surface area (Å²) in [7, 11) is 0. The van der Waals surface area contributed by atoms with Gasteiger partial charge in [-0.05, 0) is 51.3 Å². The molecule has 0 heterocycles. The zero-order valence-electron chi connectivity index (χ0n) is 10.3. The fraction of sp³-hybridized carbons (Fsp3) is 0.571. The molecular weight excluding hydrogens is 234 g/mol. The summed E-state index contributed by atoms with van der Waals surface area (Å²) in [4.78, 5) is 0. The molecule has 0 bridgehead atoms. The van der Waals surface area contributed by atoms with Crippen LogP contribution >= 0.6 is 11.6 Å². The smallest absolute Gasteiger partial charge is 0.138 e. The summed E-state index contributed by atoms with van der Waals surface area (Å²) in [6.07, 6.45) is 5.14. The van der Waals surface area contributed by atoms with Crippen molar-refractivity contribution in [3.63, 3.8) is 0 Å². The summed E-state index contributed by atoms with van der Waals surface area (Å²) in [6, 6.07) is 8.44. The van der Waals surface area contributed by atoms with Crippen molar-refractivity contribution < 1.29 is 4.74 Å². The summed E-state index contributed by atoms with van der Waals surface area (Å²) in [6.45, 7) is 3.20. The largest absolute Gasteiger partial charge is 0.489 e. The van der Waals surface area contributed by atoms with Gasteiger partial charge >= 0.3 is 0 Å². The van der Waals surface area contributed by atoms with Crippen molar-refractivity contribution in [3.8, 4) is 5.75 Å². The van der Waals surface area contributed by atoms with Gasteiger partial charge in [-0.2, -0.15) is 0 Å². The van der Waals surface area contributed by atoms with Gasteiger partial charge < -0.3 is 10.1 Å². The van der Waals surface area contributed by atoms with Gasteiger partial charge in [0.1, 0.15) is 5.75 Å². The molecule has 1 aromatic rings. The second-order valence-electron chi connectivity index (χ2n) is 4.73. The molecule has 2 rings (SSSR count). The highest BCUT2D eigenvalue weighted by molar-refractivity contribution is 6.32. The molecule has 1 unspecified atom stereocenters. The van der Waals surface area contributed by atoms with E-state index < -0.39 is 0 Å². The topological polar surface area (TPSA) is 21.3 Å². The van der Waals surface area contributed by atoms with E-state index in [0.29, 0.717) is 5.02 Å². The van der Waals surface area contributed by atoms with E-state index in [2.05, 4.69) is 12.2 Å². The zero-order chi connectivity index (χ0) is 12.1. The van der Waals surface area contributed by atoms with Crippen molar-refractivity contribution in [2.45, 2.75) is 44.8 Å². The van der Waals surface area contributed by atoms with E-state index in [1.807, 2.05) is 24.3 Å². The first-order valence-electron chi connectivity index (χ1n) is 6.40. The first kappa shape index (κ1) is 12.7. The SMILES string of the molecule is CC(CCCNC1CC1)Oc1ccccc1Cl. The van der Waals surface area contributed by atoms with Gasteiger partial charge in [0.25, 0.3) is 0 Å². The molecule has 0 spiro atoms. The molecule has 1 fully saturated rings. The Morgan fingerprint density at radius 1 is 1.41 bits per heavy atom. The maximum Gasteiger partial charge on any atom is 0.138 e. The molecule has 1 aliphatic carbocycles. The molecule has 17 heavy (non-hydrogen) atoms. The molecule has 1 aliphatic rings. The van der Waals surface area contributed by atoms with Crippen LogP contribution in [-0.2, 0) is 0 Å². The van der Waals surface area contributed by atoms with E-state index >= 15 is 0 Å². The standard InChI is InChI=1S/C14H20ClNO/c1-11(5-4-10-16-12-8-9-12)17-14-7-3-2-6-13(14)15/h2-3,6-7,11-12,16H,4-5,8-10H2,1H3. The van der Waals surface area contributed by atoms with Gasteiger partial charge in [0.2, 0.25) is 0 Å². The van der Waals surface area contributed by atoms with Crippen LogP contribution in [0.15, 0.2) is 24.3 Å². The van der Waals surface area contributed by atoms with Crippen molar-refractivity contribution in [1.82, 2.24) is 5.32 Å². The average Bonchev–Trinajstić information content (AvgIpc) is 3.12. The van der Waals surface area contributed by atoms with Crippen LogP contribution in [0.3, 0.4) is 0 Å². The van der Waals surface area contributed by atoms with Crippen LogP contribution in [0.25, 0.3) is 0 Å². The summed E-state index contributed by atoms with van der Waals surface area (Å²) >= 11 is 6.04. The lowest BCUT2D eigenvalue weighted by Gasteiger charge is -2.15. The molecule has 1 N–H and O–H groups in total. The molecule has 2 nitrogen and oxygen atoms in total. The van der Waals surface area contributed by atoms with Gasteiger partial charge in [0.15, 0.2) is 0 Å². The Balaban J connectivity index is 1.65. The molecule has 0 amide bonds. The third-order valence-corrected chi connectivity index (χ3v) is 3.27. The van der Waals surface area contributed by atoms with E-state index in [9.17, 15) is 0 Å². The van der Waals surface area contributed by atoms with Crippen LogP contribution in [0.5, 0.6) is 5.75 Å². The van der Waals surface area contributed by atoms with E-state index in [1.165, 1.54) is 12.8 Å². The second kappa shape index (κ2) is 6.27. The van der Waals surface area contributed by atoms with Gasteiger partial charge in [-0.15, -0.1) is 0 Å². The fourth-order valence-electron chi connectivity index (χ4n) is 1.80. The maximum absolute atomic E-state index is 6.04. The molecule has 1 atom stereocenters. The van der Waals surface area contributed by atoms with Crippen molar-refractivity contribution in [2.75, 3.05) is 6.54 Å². The summed E-state index contributed by atoms with van der Waals surface area (Å²) in [5.41, 5.74) is 0. The van der Waals surface area contributed by atoms with E-state index in [4.69, 9.17) is 16.3 Å². The number of rotatable bonds is 7. The lowest BCUT2D eigenvalue weighted by atomic mass is 10.2. The Morgan fingerprint density at radius 3 is 2.88 bits per heavy atom. The molecule has 1 saturated carbocycles. The predicted molar refractivity (Wildman–Crippen MR) is 71.8 cm³/mol. The summed E-state index contributed by atoms with van der Waals surface area (Å²) in [5.74, 6) is 0.789. The Labute approximate surface area is 108 Å². The van der Waals surface area contributed by atoms with Gasteiger partial charge in [0, 0.05) is 6.04 Å². The number of halogens is 1. The van der Waals surface area contributed by atoms with E-state index in [0.717, 1.165) is 31.2 Å². The summed E-state index contributed by atoms with van der Waals surface area (Å²) in [5, 5.41) is 4.20. The lowest BCUT2D eigenvalue weighted by Crippen LogP contribution is -2.20. The number of nitrogens with one attached hydrogen (secondary N) is 1. The Morgan fingerprint density at radius 2 is 2.18 bits per heavy atom. The fourth-order valence-corrected chi connectivity index (χ4v) is 1.98. The zero-order valence-corrected chi connectivity index (χ0v) is 11.0. The highest BCUT2D eigenvalue weighted by Gasteiger charge is 2.19. The van der Waals surface area contributed by atoms with E-state index in [1.54, 1.807) is 0 Å². The number of para-hydroxylation sites is 1. The number of benzene rings is 1. The maximum atomic E-state index is 6.04. The minimum absolute atomic E-state index is 0.218. The monoisotopic (exact) mass is 253 g/mol. The first-order valence-corrected chi connectivity index (χ1v) is 6.78. The molecule has 0 aromatic heterocycles. The highest BCUT2D eigenvalue weighted by Crippen LogP contribution is 2.25. The van der Waals surface area contributed by atoms with Crippen molar-refractivity contribution in [3.05, 3.63) is 29.3 Å². The molecule has 0 radical (unpaired) electrons. The first-order chi connectivity index (χ1) is 8.25. The minimum Gasteiger partial charge on any atom is -0.489 e. The van der Waals surface area contributed by atoms with Gasteiger partial charge in [-0.1, -0.05) is 23.7 Å². The minimum atomic E-state index is 0.218. The molecule has 3 heteroatoms. The summed E-state index contributed by atoms with van der Waals surface area (Å²) < 4.78 is 5.81. The normalized spacial score (nSPS) is 16.8. The van der Waals surface area contributed by atoms with Gasteiger partial charge in [0.05, 0.1) is 11.1 Å². The van der Waals surface area contributed by atoms with Crippen LogP contribution in [0.4, 0.5) is 0 Å². The third-order valence-electron chi connectivity index (χ3n) is 2.96. The van der Waals surface area contributed by atoms with Crippen LogP contribution in [-0.4, -0.2) is 18.7 Å². The molecule has 94 valence electrons. The van der Waals surface area contributed by atoms with Crippen LogP contribution < -0.4 is 10.1 Å². The Bertz CT molecular complexity index is 352. The van der Waals surface area contributed by atoms with Crippen LogP contribution in [0.2, 0.25) is 5.02 Å². The number of hydrogen-bond donors (Lipinski definition) is 1. The van der Waals surface area contributed by atoms with Gasteiger partial charge in [-0.25, -0.2) is 0 Å². The van der Waals surface area contributed by atoms with Crippen LogP contribution in [0, 0.1) is 0 Å².